The Morgan fingerprint density at radius 3 is 2.68 bits per heavy atom. The van der Waals surface area contributed by atoms with Crippen LogP contribution in [-0.4, -0.2) is 41.5 Å². The Labute approximate surface area is 179 Å². The van der Waals surface area contributed by atoms with Crippen LogP contribution in [0, 0.1) is 11.7 Å². The maximum Gasteiger partial charge on any atom is 0.310 e. The van der Waals surface area contributed by atoms with Gasteiger partial charge in [-0.25, -0.2) is 9.37 Å². The van der Waals surface area contributed by atoms with E-state index in [-0.39, 0.29) is 29.4 Å². The molecule has 0 radical (unpaired) electrons. The Hall–Kier alpha value is -3.48. The number of rotatable bonds is 5. The van der Waals surface area contributed by atoms with E-state index in [1.807, 2.05) is 0 Å². The molecule has 0 aliphatic carbocycles. The summed E-state index contributed by atoms with van der Waals surface area (Å²) in [4.78, 5) is 31.4. The summed E-state index contributed by atoms with van der Waals surface area (Å²) in [5, 5.41) is 0. The number of benzene rings is 2. The maximum atomic E-state index is 14.1. The second kappa shape index (κ2) is 9.12. The van der Waals surface area contributed by atoms with Crippen molar-refractivity contribution < 1.29 is 23.1 Å². The van der Waals surface area contributed by atoms with E-state index in [9.17, 15) is 14.0 Å². The molecule has 1 fully saturated rings. The number of aromatic nitrogens is 1. The number of halogens is 1. The molecule has 1 aliphatic heterocycles. The minimum atomic E-state index is -0.409. The second-order valence-electron chi connectivity index (χ2n) is 7.40. The molecule has 0 bridgehead atoms. The van der Waals surface area contributed by atoms with Gasteiger partial charge in [-0.1, -0.05) is 24.3 Å². The molecule has 0 saturated carbocycles. The lowest BCUT2D eigenvalue weighted by molar-refractivity contribution is -0.149. The van der Waals surface area contributed by atoms with Crippen LogP contribution in [0.4, 0.5) is 4.39 Å². The number of carbonyl (C=O) groups is 2. The quantitative estimate of drug-likeness (QED) is 0.564. The number of esters is 1. The van der Waals surface area contributed by atoms with Gasteiger partial charge in [0.05, 0.1) is 29.8 Å². The van der Waals surface area contributed by atoms with Crippen LogP contribution in [0.5, 0.6) is 0 Å². The summed E-state index contributed by atoms with van der Waals surface area (Å²) in [6, 6.07) is 13.3. The number of nitrogens with zero attached hydrogens (tertiary/aromatic N) is 2. The first kappa shape index (κ1) is 20.8. The predicted molar refractivity (Wildman–Crippen MR) is 113 cm³/mol. The standard InChI is InChI=1S/C24H23FN2O4/c1-2-30-24(29)16-8-7-13-27(15-16)23(28)18-10-4-3-9-17(18)22-26-14-21(31-22)19-11-5-6-12-20(19)25/h3-6,9-12,14,16H,2,7-8,13,15H2,1H3. The molecule has 1 saturated heterocycles. The number of likely N-dealkylation sites (tertiary alicyclic amines) is 1. The molecule has 31 heavy (non-hydrogen) atoms. The number of amides is 1. The van der Waals surface area contributed by atoms with Gasteiger partial charge in [0.2, 0.25) is 5.89 Å². The summed E-state index contributed by atoms with van der Waals surface area (Å²) in [6.07, 6.45) is 2.89. The van der Waals surface area contributed by atoms with Gasteiger partial charge in [-0.15, -0.1) is 0 Å². The number of oxazole rings is 1. The van der Waals surface area contributed by atoms with E-state index in [0.29, 0.717) is 42.8 Å². The molecule has 1 atom stereocenters. The highest BCUT2D eigenvalue weighted by Gasteiger charge is 2.31. The van der Waals surface area contributed by atoms with Crippen molar-refractivity contribution in [3.8, 4) is 22.8 Å². The number of hydrogen-bond acceptors (Lipinski definition) is 5. The molecule has 6 nitrogen and oxygen atoms in total. The van der Waals surface area contributed by atoms with Crippen molar-refractivity contribution in [3.05, 3.63) is 66.1 Å². The van der Waals surface area contributed by atoms with E-state index in [2.05, 4.69) is 4.98 Å². The van der Waals surface area contributed by atoms with Crippen LogP contribution >= 0.6 is 0 Å². The topological polar surface area (TPSA) is 72.6 Å². The first-order valence-corrected chi connectivity index (χ1v) is 10.3. The summed E-state index contributed by atoms with van der Waals surface area (Å²) in [5.41, 5.74) is 1.25. The van der Waals surface area contributed by atoms with Gasteiger partial charge in [0.1, 0.15) is 5.82 Å². The predicted octanol–water partition coefficient (Wildman–Crippen LogP) is 4.56. The summed E-state index contributed by atoms with van der Waals surface area (Å²) >= 11 is 0. The van der Waals surface area contributed by atoms with Crippen molar-refractivity contribution in [1.82, 2.24) is 9.88 Å². The first-order valence-electron chi connectivity index (χ1n) is 10.3. The van der Waals surface area contributed by atoms with Crippen molar-refractivity contribution in [3.63, 3.8) is 0 Å². The van der Waals surface area contributed by atoms with Gasteiger partial charge in [-0.3, -0.25) is 9.59 Å². The van der Waals surface area contributed by atoms with E-state index >= 15 is 0 Å². The highest BCUT2D eigenvalue weighted by Crippen LogP contribution is 2.30. The lowest BCUT2D eigenvalue weighted by Gasteiger charge is -2.31. The van der Waals surface area contributed by atoms with Crippen LogP contribution in [0.2, 0.25) is 0 Å². The van der Waals surface area contributed by atoms with Gasteiger partial charge >= 0.3 is 5.97 Å². The average molecular weight is 422 g/mol. The molecule has 0 N–H and O–H groups in total. The van der Waals surface area contributed by atoms with Crippen LogP contribution in [0.1, 0.15) is 30.1 Å². The lowest BCUT2D eigenvalue weighted by Crippen LogP contribution is -2.43. The molecular formula is C24H23FN2O4. The van der Waals surface area contributed by atoms with Crippen LogP contribution in [0.3, 0.4) is 0 Å². The highest BCUT2D eigenvalue weighted by molar-refractivity contribution is 6.00. The van der Waals surface area contributed by atoms with Crippen molar-refractivity contribution in [2.45, 2.75) is 19.8 Å². The summed E-state index contributed by atoms with van der Waals surface area (Å²) in [5.74, 6) is -0.672. The molecule has 7 heteroatoms. The SMILES string of the molecule is CCOC(=O)C1CCCN(C(=O)c2ccccc2-c2ncc(-c3ccccc3F)o2)C1. The largest absolute Gasteiger partial charge is 0.466 e. The highest BCUT2D eigenvalue weighted by atomic mass is 19.1. The summed E-state index contributed by atoms with van der Waals surface area (Å²) < 4.78 is 25.0. The molecule has 1 aliphatic rings. The van der Waals surface area contributed by atoms with Crippen LogP contribution in [0.25, 0.3) is 22.8 Å². The van der Waals surface area contributed by atoms with Crippen molar-refractivity contribution in [1.29, 1.82) is 0 Å². The number of piperidine rings is 1. The summed E-state index contributed by atoms with van der Waals surface area (Å²) in [6.45, 7) is 2.97. The van der Waals surface area contributed by atoms with Crippen molar-refractivity contribution >= 4 is 11.9 Å². The van der Waals surface area contributed by atoms with Gasteiger partial charge in [0, 0.05) is 18.7 Å². The fourth-order valence-electron chi connectivity index (χ4n) is 3.82. The van der Waals surface area contributed by atoms with E-state index in [4.69, 9.17) is 9.15 Å². The fourth-order valence-corrected chi connectivity index (χ4v) is 3.82. The van der Waals surface area contributed by atoms with Crippen molar-refractivity contribution in [2.75, 3.05) is 19.7 Å². The zero-order chi connectivity index (χ0) is 21.8. The number of hydrogen-bond donors (Lipinski definition) is 0. The fraction of sp³-hybridized carbons (Fsp3) is 0.292. The zero-order valence-corrected chi connectivity index (χ0v) is 17.2. The molecule has 3 aromatic rings. The maximum absolute atomic E-state index is 14.1. The third kappa shape index (κ3) is 4.35. The monoisotopic (exact) mass is 422 g/mol. The lowest BCUT2D eigenvalue weighted by atomic mass is 9.96. The molecule has 160 valence electrons. The minimum Gasteiger partial charge on any atom is -0.466 e. The molecule has 4 rings (SSSR count). The van der Waals surface area contributed by atoms with Crippen LogP contribution < -0.4 is 0 Å². The Balaban J connectivity index is 1.60. The van der Waals surface area contributed by atoms with E-state index in [0.717, 1.165) is 6.42 Å². The Morgan fingerprint density at radius 1 is 1.16 bits per heavy atom. The molecular weight excluding hydrogens is 399 g/mol. The zero-order valence-electron chi connectivity index (χ0n) is 17.2. The Kier molecular flexibility index (Phi) is 6.11. The minimum absolute atomic E-state index is 0.199. The first-order chi connectivity index (χ1) is 15.1. The number of ether oxygens (including phenoxy) is 1. The van der Waals surface area contributed by atoms with Crippen LogP contribution in [0.15, 0.2) is 59.1 Å². The average Bonchev–Trinajstić information content (AvgIpc) is 3.29. The van der Waals surface area contributed by atoms with E-state index in [1.54, 1.807) is 54.3 Å². The van der Waals surface area contributed by atoms with Gasteiger partial charge in [0.25, 0.3) is 5.91 Å². The molecule has 0 spiro atoms. The van der Waals surface area contributed by atoms with Gasteiger partial charge in [0.15, 0.2) is 5.76 Å². The van der Waals surface area contributed by atoms with Gasteiger partial charge in [-0.05, 0) is 44.0 Å². The molecule has 1 amide bonds. The van der Waals surface area contributed by atoms with E-state index in [1.165, 1.54) is 12.3 Å². The third-order valence-corrected chi connectivity index (χ3v) is 5.36. The molecule has 1 unspecified atom stereocenters. The smallest absolute Gasteiger partial charge is 0.310 e. The van der Waals surface area contributed by atoms with E-state index < -0.39 is 5.82 Å². The Bertz CT molecular complexity index is 1090. The number of carbonyl (C=O) groups excluding carboxylic acids is 2. The van der Waals surface area contributed by atoms with Gasteiger partial charge < -0.3 is 14.1 Å². The molecule has 1 aromatic heterocycles. The van der Waals surface area contributed by atoms with Gasteiger partial charge in [-0.2, -0.15) is 0 Å². The Morgan fingerprint density at radius 2 is 1.90 bits per heavy atom. The second-order valence-corrected chi connectivity index (χ2v) is 7.40. The van der Waals surface area contributed by atoms with Crippen LogP contribution in [-0.2, 0) is 9.53 Å². The summed E-state index contributed by atoms with van der Waals surface area (Å²) in [7, 11) is 0. The van der Waals surface area contributed by atoms with Crippen molar-refractivity contribution in [2.24, 2.45) is 5.92 Å². The molecule has 2 heterocycles. The normalized spacial score (nSPS) is 16.2. The third-order valence-electron chi connectivity index (χ3n) is 5.36. The molecule has 2 aromatic carbocycles.